The summed E-state index contributed by atoms with van der Waals surface area (Å²) in [6, 6.07) is 13.3. The van der Waals surface area contributed by atoms with E-state index >= 15 is 0 Å². The number of para-hydroxylation sites is 1. The Morgan fingerprint density at radius 3 is 2.29 bits per heavy atom. The van der Waals surface area contributed by atoms with Crippen LogP contribution in [0.2, 0.25) is 0 Å². The summed E-state index contributed by atoms with van der Waals surface area (Å²) in [5.74, 6) is -2.14. The molecule has 0 aliphatic carbocycles. The Kier molecular flexibility index (Phi) is 5.77. The summed E-state index contributed by atoms with van der Waals surface area (Å²) < 4.78 is 55.4. The van der Waals surface area contributed by atoms with E-state index in [1.54, 1.807) is 23.1 Å². The number of nitrogens with zero attached hydrogens (tertiary/aromatic N) is 2. The highest BCUT2D eigenvalue weighted by atomic mass is 19.1. The highest BCUT2D eigenvalue weighted by molar-refractivity contribution is 6.03. The molecule has 0 radical (unpaired) electrons. The van der Waals surface area contributed by atoms with Crippen molar-refractivity contribution in [1.82, 2.24) is 4.90 Å². The molecule has 0 unspecified atom stereocenters. The van der Waals surface area contributed by atoms with Gasteiger partial charge in [-0.15, -0.1) is 0 Å². The number of benzene rings is 3. The summed E-state index contributed by atoms with van der Waals surface area (Å²) >= 11 is 0. The maximum atomic E-state index is 14.2. The molecule has 2 aliphatic rings. The lowest BCUT2D eigenvalue weighted by Gasteiger charge is -2.40. The van der Waals surface area contributed by atoms with Gasteiger partial charge in [0.25, 0.3) is 0 Å². The van der Waals surface area contributed by atoms with E-state index in [1.807, 2.05) is 0 Å². The van der Waals surface area contributed by atoms with Gasteiger partial charge in [-0.3, -0.25) is 9.80 Å². The van der Waals surface area contributed by atoms with E-state index in [2.05, 4.69) is 10.2 Å². The molecular weight excluding hydrogens is 446 g/mol. The minimum atomic E-state index is -0.611. The van der Waals surface area contributed by atoms with E-state index in [0.717, 1.165) is 11.6 Å². The van der Waals surface area contributed by atoms with Gasteiger partial charge < -0.3 is 5.32 Å². The van der Waals surface area contributed by atoms with E-state index in [1.165, 1.54) is 36.4 Å². The van der Waals surface area contributed by atoms with Gasteiger partial charge in [-0.25, -0.2) is 22.4 Å². The van der Waals surface area contributed by atoms with Gasteiger partial charge in [0, 0.05) is 30.3 Å². The smallest absolute Gasteiger partial charge is 0.305 e. The molecule has 0 atom stereocenters. The van der Waals surface area contributed by atoms with Crippen LogP contribution in [0, 0.1) is 23.3 Å². The molecule has 1 N–H and O–H groups in total. The lowest BCUT2D eigenvalue weighted by molar-refractivity contribution is 0.159. The maximum Gasteiger partial charge on any atom is 0.326 e. The number of carbonyl (C=O) groups is 1. The monoisotopic (exact) mass is 469 g/mol. The first-order chi connectivity index (χ1) is 16.3. The quantitative estimate of drug-likeness (QED) is 0.490. The average molecular weight is 469 g/mol. The summed E-state index contributed by atoms with van der Waals surface area (Å²) in [6.45, 7) is 1.99. The van der Waals surface area contributed by atoms with E-state index in [4.69, 9.17) is 0 Å². The first-order valence-corrected chi connectivity index (χ1v) is 11.1. The number of piperidine rings is 1. The van der Waals surface area contributed by atoms with Crippen molar-refractivity contribution in [2.75, 3.05) is 29.9 Å². The molecule has 0 bridgehead atoms. The number of carbonyl (C=O) groups excluding carboxylic acids is 1. The Morgan fingerprint density at radius 1 is 0.882 bits per heavy atom. The van der Waals surface area contributed by atoms with Crippen molar-refractivity contribution in [3.8, 4) is 0 Å². The fourth-order valence-electron chi connectivity index (χ4n) is 5.09. The molecule has 8 heteroatoms. The molecule has 3 aromatic carbocycles. The molecular formula is C26H23F4N3O. The molecule has 34 heavy (non-hydrogen) atoms. The number of hydrogen-bond acceptors (Lipinski definition) is 2. The molecule has 0 saturated carbocycles. The second-order valence-corrected chi connectivity index (χ2v) is 8.99. The Labute approximate surface area is 194 Å². The summed E-state index contributed by atoms with van der Waals surface area (Å²) in [4.78, 5) is 16.7. The molecule has 2 aliphatic heterocycles. The fraction of sp³-hybridized carbons (Fsp3) is 0.269. The summed E-state index contributed by atoms with van der Waals surface area (Å²) in [5.41, 5.74) is 1.54. The molecule has 176 valence electrons. The minimum absolute atomic E-state index is 0.0780. The number of rotatable bonds is 3. The second-order valence-electron chi connectivity index (χ2n) is 8.99. The van der Waals surface area contributed by atoms with Gasteiger partial charge in [0.2, 0.25) is 0 Å². The third-order valence-corrected chi connectivity index (χ3v) is 6.78. The Bertz CT molecular complexity index is 1220. The number of hydrogen-bond donors (Lipinski definition) is 1. The highest BCUT2D eigenvalue weighted by Crippen LogP contribution is 2.47. The molecule has 4 nitrogen and oxygen atoms in total. The topological polar surface area (TPSA) is 35.6 Å². The summed E-state index contributed by atoms with van der Waals surface area (Å²) in [6.07, 6.45) is 1.29. The zero-order valence-corrected chi connectivity index (χ0v) is 18.3. The number of fused-ring (bicyclic) bond motifs is 2. The van der Waals surface area contributed by atoms with E-state index < -0.39 is 28.9 Å². The lowest BCUT2D eigenvalue weighted by atomic mass is 9.74. The normalized spacial score (nSPS) is 17.1. The van der Waals surface area contributed by atoms with Gasteiger partial charge in [-0.1, -0.05) is 12.1 Å². The van der Waals surface area contributed by atoms with Crippen molar-refractivity contribution in [1.29, 1.82) is 0 Å². The van der Waals surface area contributed by atoms with Crippen LogP contribution in [-0.2, 0) is 12.0 Å². The maximum absolute atomic E-state index is 14.2. The van der Waals surface area contributed by atoms with E-state index in [9.17, 15) is 22.4 Å². The lowest BCUT2D eigenvalue weighted by Crippen LogP contribution is -2.46. The van der Waals surface area contributed by atoms with Gasteiger partial charge in [0.05, 0.1) is 5.69 Å². The molecule has 5 rings (SSSR count). The zero-order chi connectivity index (χ0) is 23.9. The molecule has 1 saturated heterocycles. The largest absolute Gasteiger partial charge is 0.326 e. The van der Waals surface area contributed by atoms with Crippen molar-refractivity contribution >= 4 is 17.4 Å². The molecule has 3 aromatic rings. The van der Waals surface area contributed by atoms with Crippen molar-refractivity contribution in [2.24, 2.45) is 0 Å². The number of likely N-dealkylation sites (tertiary alicyclic amines) is 1. The van der Waals surface area contributed by atoms with Crippen molar-refractivity contribution in [2.45, 2.75) is 24.8 Å². The van der Waals surface area contributed by atoms with Gasteiger partial charge >= 0.3 is 6.03 Å². The van der Waals surface area contributed by atoms with Gasteiger partial charge in [-0.2, -0.15) is 0 Å². The van der Waals surface area contributed by atoms with Gasteiger partial charge in [0.1, 0.15) is 23.3 Å². The third kappa shape index (κ3) is 4.25. The Hall–Kier alpha value is -3.39. The second kappa shape index (κ2) is 8.76. The van der Waals surface area contributed by atoms with Crippen molar-refractivity contribution in [3.63, 3.8) is 0 Å². The Balaban J connectivity index is 1.35. The summed E-state index contributed by atoms with van der Waals surface area (Å²) in [7, 11) is 0. The van der Waals surface area contributed by atoms with Crippen LogP contribution in [-0.4, -0.2) is 30.6 Å². The third-order valence-electron chi connectivity index (χ3n) is 6.78. The van der Waals surface area contributed by atoms with Crippen LogP contribution in [0.1, 0.15) is 24.0 Å². The minimum Gasteiger partial charge on any atom is -0.305 e. The highest BCUT2D eigenvalue weighted by Gasteiger charge is 2.46. The number of amides is 2. The Morgan fingerprint density at radius 2 is 1.59 bits per heavy atom. The predicted octanol–water partition coefficient (Wildman–Crippen LogP) is 5.83. The van der Waals surface area contributed by atoms with Gasteiger partial charge in [0.15, 0.2) is 0 Å². The fourth-order valence-corrected chi connectivity index (χ4v) is 5.09. The number of halogens is 4. The van der Waals surface area contributed by atoms with Crippen LogP contribution in [0.25, 0.3) is 0 Å². The van der Waals surface area contributed by atoms with Crippen LogP contribution in [0.15, 0.2) is 60.7 Å². The van der Waals surface area contributed by atoms with E-state index in [-0.39, 0.29) is 11.5 Å². The molecule has 2 heterocycles. The van der Waals surface area contributed by atoms with Crippen molar-refractivity contribution in [3.05, 3.63) is 95.1 Å². The molecule has 1 spiro atoms. The van der Waals surface area contributed by atoms with Crippen LogP contribution in [0.4, 0.5) is 33.7 Å². The predicted molar refractivity (Wildman–Crippen MR) is 122 cm³/mol. The van der Waals surface area contributed by atoms with Gasteiger partial charge in [-0.05, 0) is 79.5 Å². The van der Waals surface area contributed by atoms with E-state index in [0.29, 0.717) is 50.3 Å². The molecule has 1 fully saturated rings. The first kappa shape index (κ1) is 22.4. The van der Waals surface area contributed by atoms with Crippen LogP contribution < -0.4 is 10.2 Å². The molecule has 2 amide bonds. The van der Waals surface area contributed by atoms with Crippen molar-refractivity contribution < 1.29 is 22.4 Å². The summed E-state index contributed by atoms with van der Waals surface area (Å²) in [5, 5.41) is 2.62. The van der Waals surface area contributed by atoms with Crippen LogP contribution in [0.5, 0.6) is 0 Å². The SMILES string of the molecule is O=C(Nc1ccccc1F)N1CC2(CCN(Cc3cc(F)cc(F)c3)CC2)c2cc(F)ccc21. The first-order valence-electron chi connectivity index (χ1n) is 11.1. The number of urea groups is 1. The number of anilines is 2. The molecule has 0 aromatic heterocycles. The standard InChI is InChI=1S/C26H23F4N3O/c27-18-5-6-24-21(14-18)26(16-33(24)25(34)31-23-4-2-1-3-22(23)30)7-9-32(10-8-26)15-17-11-19(28)13-20(29)12-17/h1-6,11-14H,7-10,15-16H2,(H,31,34). The zero-order valence-electron chi connectivity index (χ0n) is 18.3. The number of nitrogens with one attached hydrogen (secondary N) is 1. The average Bonchev–Trinajstić information content (AvgIpc) is 3.10. The van der Waals surface area contributed by atoms with Crippen LogP contribution >= 0.6 is 0 Å². The van der Waals surface area contributed by atoms with Crippen LogP contribution in [0.3, 0.4) is 0 Å².